The standard InChI is InChI=1S/C23H20F2N2O6S/c24-23(25)33-18-4-1-3-17(13-18)26-22(28)15-5-7-16(8-6-15)27-34(29,30)19-9-10-20-21(14-19)32-12-2-11-31-20/h1,3-10,13-14,23,27H,2,11-12H2,(H,26,28). The summed E-state index contributed by atoms with van der Waals surface area (Å²) in [6, 6.07) is 15.7. The average Bonchev–Trinajstić information content (AvgIpc) is 3.04. The number of carbonyl (C=O) groups excluding carboxylic acids is 1. The lowest BCUT2D eigenvalue weighted by atomic mass is 10.2. The van der Waals surface area contributed by atoms with E-state index < -0.39 is 22.5 Å². The van der Waals surface area contributed by atoms with Gasteiger partial charge in [0.25, 0.3) is 15.9 Å². The molecular weight excluding hydrogens is 470 g/mol. The lowest BCUT2D eigenvalue weighted by Gasteiger charge is -2.12. The van der Waals surface area contributed by atoms with E-state index in [1.165, 1.54) is 60.7 Å². The maximum Gasteiger partial charge on any atom is 0.387 e. The minimum Gasteiger partial charge on any atom is -0.490 e. The van der Waals surface area contributed by atoms with Crippen molar-refractivity contribution < 1.29 is 36.2 Å². The number of benzene rings is 3. The van der Waals surface area contributed by atoms with Gasteiger partial charge in [0, 0.05) is 35.5 Å². The molecule has 34 heavy (non-hydrogen) atoms. The van der Waals surface area contributed by atoms with E-state index in [0.717, 1.165) is 0 Å². The summed E-state index contributed by atoms with van der Waals surface area (Å²) < 4.78 is 68.1. The fourth-order valence-electron chi connectivity index (χ4n) is 3.17. The number of halogens is 2. The Morgan fingerprint density at radius 1 is 0.912 bits per heavy atom. The Morgan fingerprint density at radius 2 is 1.65 bits per heavy atom. The largest absolute Gasteiger partial charge is 0.490 e. The van der Waals surface area contributed by atoms with Gasteiger partial charge in [0.1, 0.15) is 5.75 Å². The topological polar surface area (TPSA) is 103 Å². The number of rotatable bonds is 7. The number of fused-ring (bicyclic) bond motifs is 1. The van der Waals surface area contributed by atoms with Gasteiger partial charge < -0.3 is 19.5 Å². The maximum absolute atomic E-state index is 12.8. The van der Waals surface area contributed by atoms with Crippen LogP contribution < -0.4 is 24.2 Å². The predicted molar refractivity (Wildman–Crippen MR) is 120 cm³/mol. The number of ether oxygens (including phenoxy) is 3. The van der Waals surface area contributed by atoms with E-state index in [1.807, 2.05) is 0 Å². The summed E-state index contributed by atoms with van der Waals surface area (Å²) in [5.74, 6) is 0.243. The number of carbonyl (C=O) groups is 1. The monoisotopic (exact) mass is 490 g/mol. The maximum atomic E-state index is 12.8. The summed E-state index contributed by atoms with van der Waals surface area (Å²) in [5, 5.41) is 2.57. The molecule has 11 heteroatoms. The van der Waals surface area contributed by atoms with Gasteiger partial charge in [0.15, 0.2) is 11.5 Å². The highest BCUT2D eigenvalue weighted by Gasteiger charge is 2.19. The second kappa shape index (κ2) is 9.96. The van der Waals surface area contributed by atoms with E-state index in [2.05, 4.69) is 14.8 Å². The van der Waals surface area contributed by atoms with Crippen molar-refractivity contribution in [2.75, 3.05) is 23.3 Å². The fourth-order valence-corrected chi connectivity index (χ4v) is 4.24. The summed E-state index contributed by atoms with van der Waals surface area (Å²) in [7, 11) is -3.92. The number of hydrogen-bond donors (Lipinski definition) is 2. The third-order valence-electron chi connectivity index (χ3n) is 4.75. The third kappa shape index (κ3) is 5.73. The number of amides is 1. The summed E-state index contributed by atoms with van der Waals surface area (Å²) in [4.78, 5) is 12.5. The smallest absolute Gasteiger partial charge is 0.387 e. The molecule has 2 N–H and O–H groups in total. The average molecular weight is 490 g/mol. The Kier molecular flexibility index (Phi) is 6.82. The molecule has 1 aliphatic heterocycles. The number of nitrogens with one attached hydrogen (secondary N) is 2. The van der Waals surface area contributed by atoms with Crippen LogP contribution >= 0.6 is 0 Å². The van der Waals surface area contributed by atoms with Crippen LogP contribution in [0.15, 0.2) is 71.6 Å². The predicted octanol–water partition coefficient (Wildman–Crippen LogP) is 4.50. The first-order valence-electron chi connectivity index (χ1n) is 10.2. The van der Waals surface area contributed by atoms with Gasteiger partial charge in [-0.1, -0.05) is 6.07 Å². The first-order chi connectivity index (χ1) is 16.3. The van der Waals surface area contributed by atoms with E-state index in [1.54, 1.807) is 6.07 Å². The normalized spacial score (nSPS) is 13.1. The number of sulfonamides is 1. The molecule has 0 saturated carbocycles. The second-order valence-electron chi connectivity index (χ2n) is 7.20. The lowest BCUT2D eigenvalue weighted by Crippen LogP contribution is -2.14. The van der Waals surface area contributed by atoms with Gasteiger partial charge in [-0.2, -0.15) is 8.78 Å². The van der Waals surface area contributed by atoms with Crippen LogP contribution in [0.1, 0.15) is 16.8 Å². The van der Waals surface area contributed by atoms with E-state index >= 15 is 0 Å². The third-order valence-corrected chi connectivity index (χ3v) is 6.12. The Hall–Kier alpha value is -3.86. The van der Waals surface area contributed by atoms with Crippen LogP contribution in [0.25, 0.3) is 0 Å². The quantitative estimate of drug-likeness (QED) is 0.506. The Bertz CT molecular complexity index is 1280. The highest BCUT2D eigenvalue weighted by atomic mass is 32.2. The Morgan fingerprint density at radius 3 is 2.38 bits per heavy atom. The summed E-state index contributed by atoms with van der Waals surface area (Å²) in [6.07, 6.45) is 0.698. The summed E-state index contributed by atoms with van der Waals surface area (Å²) >= 11 is 0. The first kappa shape index (κ1) is 23.3. The molecular formula is C23H20F2N2O6S. The van der Waals surface area contributed by atoms with Crippen molar-refractivity contribution in [3.63, 3.8) is 0 Å². The van der Waals surface area contributed by atoms with E-state index in [-0.39, 0.29) is 27.6 Å². The molecule has 0 aromatic heterocycles. The van der Waals surface area contributed by atoms with Crippen molar-refractivity contribution in [3.8, 4) is 17.2 Å². The fraction of sp³-hybridized carbons (Fsp3) is 0.174. The van der Waals surface area contributed by atoms with Crippen LogP contribution in [0.3, 0.4) is 0 Å². The van der Waals surface area contributed by atoms with Crippen molar-refractivity contribution in [1.29, 1.82) is 0 Å². The van der Waals surface area contributed by atoms with Crippen molar-refractivity contribution >= 4 is 27.3 Å². The second-order valence-corrected chi connectivity index (χ2v) is 8.88. The van der Waals surface area contributed by atoms with Gasteiger partial charge in [-0.05, 0) is 48.5 Å². The molecule has 3 aromatic rings. The van der Waals surface area contributed by atoms with Gasteiger partial charge in [0.2, 0.25) is 0 Å². The van der Waals surface area contributed by atoms with E-state index in [9.17, 15) is 22.0 Å². The van der Waals surface area contributed by atoms with Crippen LogP contribution in [-0.4, -0.2) is 34.2 Å². The molecule has 3 aromatic carbocycles. The number of alkyl halides is 2. The van der Waals surface area contributed by atoms with Gasteiger partial charge in [-0.3, -0.25) is 9.52 Å². The highest BCUT2D eigenvalue weighted by molar-refractivity contribution is 7.92. The highest BCUT2D eigenvalue weighted by Crippen LogP contribution is 2.32. The van der Waals surface area contributed by atoms with Crippen molar-refractivity contribution in [2.45, 2.75) is 17.9 Å². The molecule has 1 aliphatic rings. The number of anilines is 2. The minimum absolute atomic E-state index is 0.00414. The number of hydrogen-bond acceptors (Lipinski definition) is 6. The minimum atomic E-state index is -3.92. The molecule has 8 nitrogen and oxygen atoms in total. The summed E-state index contributed by atoms with van der Waals surface area (Å²) in [6.45, 7) is -2.06. The zero-order chi connectivity index (χ0) is 24.1. The van der Waals surface area contributed by atoms with Crippen LogP contribution in [-0.2, 0) is 10.0 Å². The molecule has 0 radical (unpaired) electrons. The van der Waals surface area contributed by atoms with Crippen LogP contribution in [0, 0.1) is 0 Å². The van der Waals surface area contributed by atoms with E-state index in [0.29, 0.717) is 31.1 Å². The SMILES string of the molecule is O=C(Nc1cccc(OC(F)F)c1)c1ccc(NS(=O)(=O)c2ccc3c(c2)OCCCO3)cc1. The van der Waals surface area contributed by atoms with E-state index in [4.69, 9.17) is 9.47 Å². The van der Waals surface area contributed by atoms with Crippen LogP contribution in [0.4, 0.5) is 20.2 Å². The van der Waals surface area contributed by atoms with Gasteiger partial charge in [-0.15, -0.1) is 0 Å². The lowest BCUT2D eigenvalue weighted by molar-refractivity contribution is -0.0498. The summed E-state index contributed by atoms with van der Waals surface area (Å²) in [5.41, 5.74) is 0.747. The molecule has 1 heterocycles. The molecule has 178 valence electrons. The van der Waals surface area contributed by atoms with Crippen molar-refractivity contribution in [3.05, 3.63) is 72.3 Å². The van der Waals surface area contributed by atoms with Crippen molar-refractivity contribution in [1.82, 2.24) is 0 Å². The van der Waals surface area contributed by atoms with Crippen LogP contribution in [0.5, 0.6) is 17.2 Å². The Labute approximate surface area is 194 Å². The molecule has 0 bridgehead atoms. The molecule has 0 unspecified atom stereocenters. The molecule has 0 saturated heterocycles. The van der Waals surface area contributed by atoms with Crippen molar-refractivity contribution in [2.24, 2.45) is 0 Å². The molecule has 0 spiro atoms. The zero-order valence-electron chi connectivity index (χ0n) is 17.7. The Balaban J connectivity index is 1.43. The van der Waals surface area contributed by atoms with Gasteiger partial charge in [0.05, 0.1) is 18.1 Å². The molecule has 0 fully saturated rings. The molecule has 1 amide bonds. The molecule has 4 rings (SSSR count). The van der Waals surface area contributed by atoms with Gasteiger partial charge in [-0.25, -0.2) is 8.42 Å². The van der Waals surface area contributed by atoms with Crippen LogP contribution in [0.2, 0.25) is 0 Å². The molecule has 0 atom stereocenters. The zero-order valence-corrected chi connectivity index (χ0v) is 18.5. The molecule has 0 aliphatic carbocycles. The first-order valence-corrected chi connectivity index (χ1v) is 11.7. The van der Waals surface area contributed by atoms with Gasteiger partial charge >= 0.3 is 6.61 Å².